The molecular weight excluding hydrogens is 179 g/mol. The van der Waals surface area contributed by atoms with Crippen molar-refractivity contribution in [3.63, 3.8) is 0 Å². The molecule has 0 aliphatic carbocycles. The van der Waals surface area contributed by atoms with Crippen LogP contribution in [0, 0.1) is 13.8 Å². The van der Waals surface area contributed by atoms with E-state index < -0.39 is 11.7 Å². The fourth-order valence-corrected chi connectivity index (χ4v) is 1.18. The molecule has 72 valence electrons. The summed E-state index contributed by atoms with van der Waals surface area (Å²) in [6.07, 6.45) is -4.32. The molecule has 1 aromatic rings. The molecule has 13 heavy (non-hydrogen) atoms. The summed E-state index contributed by atoms with van der Waals surface area (Å²) in [5.41, 5.74) is 5.63. The van der Waals surface area contributed by atoms with E-state index >= 15 is 0 Å². The first-order chi connectivity index (χ1) is 5.82. The molecule has 2 N–H and O–H groups in total. The molecule has 0 atom stereocenters. The van der Waals surface area contributed by atoms with Crippen molar-refractivity contribution in [1.29, 1.82) is 0 Å². The molecule has 0 amide bonds. The number of hydrogen-bond donors (Lipinski definition) is 1. The van der Waals surface area contributed by atoms with Gasteiger partial charge in [0.15, 0.2) is 0 Å². The van der Waals surface area contributed by atoms with Gasteiger partial charge in [0.05, 0.1) is 5.56 Å². The van der Waals surface area contributed by atoms with Crippen LogP contribution in [0.2, 0.25) is 0 Å². The molecule has 0 saturated heterocycles. The number of halogens is 3. The third kappa shape index (κ3) is 1.94. The standard InChI is InChI=1S/C9H10F3N/c1-5-3-7(13)4-8(6(5)2)9(10,11)12/h3-4H,13H2,1-2H3. The van der Waals surface area contributed by atoms with E-state index in [-0.39, 0.29) is 11.3 Å². The van der Waals surface area contributed by atoms with Gasteiger partial charge in [0, 0.05) is 5.69 Å². The van der Waals surface area contributed by atoms with Gasteiger partial charge in [-0.25, -0.2) is 0 Å². The lowest BCUT2D eigenvalue weighted by molar-refractivity contribution is -0.138. The summed E-state index contributed by atoms with van der Waals surface area (Å²) in [4.78, 5) is 0. The fourth-order valence-electron chi connectivity index (χ4n) is 1.18. The Balaban J connectivity index is 3.37. The summed E-state index contributed by atoms with van der Waals surface area (Å²) in [7, 11) is 0. The number of nitrogens with two attached hydrogens (primary N) is 1. The zero-order valence-electron chi connectivity index (χ0n) is 7.37. The zero-order valence-corrected chi connectivity index (χ0v) is 7.37. The molecule has 0 unspecified atom stereocenters. The van der Waals surface area contributed by atoms with Crippen molar-refractivity contribution in [3.05, 3.63) is 28.8 Å². The normalized spacial score (nSPS) is 11.8. The highest BCUT2D eigenvalue weighted by Crippen LogP contribution is 2.34. The molecule has 4 heteroatoms. The second-order valence-corrected chi connectivity index (χ2v) is 3.01. The number of anilines is 1. The van der Waals surface area contributed by atoms with Gasteiger partial charge in [-0.05, 0) is 37.1 Å². The van der Waals surface area contributed by atoms with Crippen LogP contribution in [-0.2, 0) is 6.18 Å². The molecule has 1 nitrogen and oxygen atoms in total. The number of aryl methyl sites for hydroxylation is 1. The summed E-state index contributed by atoms with van der Waals surface area (Å²) in [6, 6.07) is 2.49. The Kier molecular flexibility index (Phi) is 2.24. The summed E-state index contributed by atoms with van der Waals surface area (Å²) in [6.45, 7) is 3.05. The van der Waals surface area contributed by atoms with E-state index in [1.54, 1.807) is 6.92 Å². The number of rotatable bonds is 0. The summed E-state index contributed by atoms with van der Waals surface area (Å²) in [5, 5.41) is 0. The van der Waals surface area contributed by atoms with Gasteiger partial charge in [0.1, 0.15) is 0 Å². The van der Waals surface area contributed by atoms with Crippen LogP contribution in [0.3, 0.4) is 0 Å². The monoisotopic (exact) mass is 189 g/mol. The predicted molar refractivity (Wildman–Crippen MR) is 45.3 cm³/mol. The van der Waals surface area contributed by atoms with Gasteiger partial charge >= 0.3 is 6.18 Å². The zero-order chi connectivity index (χ0) is 10.2. The maximum absolute atomic E-state index is 12.4. The minimum absolute atomic E-state index is 0.149. The van der Waals surface area contributed by atoms with E-state index in [0.717, 1.165) is 6.07 Å². The molecule has 0 saturated carbocycles. The Morgan fingerprint density at radius 2 is 1.69 bits per heavy atom. The van der Waals surface area contributed by atoms with E-state index in [9.17, 15) is 13.2 Å². The third-order valence-electron chi connectivity index (χ3n) is 2.00. The lowest BCUT2D eigenvalue weighted by atomic mass is 10.0. The van der Waals surface area contributed by atoms with Crippen LogP contribution in [-0.4, -0.2) is 0 Å². The van der Waals surface area contributed by atoms with E-state index in [1.807, 2.05) is 0 Å². The van der Waals surface area contributed by atoms with Crippen LogP contribution in [0.25, 0.3) is 0 Å². The first kappa shape index (κ1) is 9.89. The first-order valence-corrected chi connectivity index (χ1v) is 3.76. The van der Waals surface area contributed by atoms with Crippen molar-refractivity contribution < 1.29 is 13.2 Å². The van der Waals surface area contributed by atoms with E-state index in [1.165, 1.54) is 13.0 Å². The van der Waals surface area contributed by atoms with Crippen molar-refractivity contribution in [1.82, 2.24) is 0 Å². The highest BCUT2D eigenvalue weighted by Gasteiger charge is 2.32. The molecule has 1 rings (SSSR count). The van der Waals surface area contributed by atoms with Crippen LogP contribution in [0.5, 0.6) is 0 Å². The van der Waals surface area contributed by atoms with Gasteiger partial charge in [0.2, 0.25) is 0 Å². The quantitative estimate of drug-likeness (QED) is 0.624. The van der Waals surface area contributed by atoms with Gasteiger partial charge in [-0.1, -0.05) is 0 Å². The van der Waals surface area contributed by atoms with Crippen LogP contribution >= 0.6 is 0 Å². The molecule has 1 aromatic carbocycles. The molecule has 0 aliphatic heterocycles. The molecule has 0 radical (unpaired) electrons. The molecule has 0 aliphatic rings. The Bertz CT molecular complexity index is 328. The maximum atomic E-state index is 12.4. The highest BCUT2D eigenvalue weighted by atomic mass is 19.4. The molecule has 0 fully saturated rings. The molecule has 0 spiro atoms. The van der Waals surface area contributed by atoms with E-state index in [4.69, 9.17) is 5.73 Å². The van der Waals surface area contributed by atoms with Crippen LogP contribution in [0.1, 0.15) is 16.7 Å². The molecule has 0 bridgehead atoms. The van der Waals surface area contributed by atoms with Crippen molar-refractivity contribution in [2.24, 2.45) is 0 Å². The van der Waals surface area contributed by atoms with Crippen molar-refractivity contribution in [2.45, 2.75) is 20.0 Å². The lowest BCUT2D eigenvalue weighted by Gasteiger charge is -2.12. The number of hydrogen-bond acceptors (Lipinski definition) is 1. The second-order valence-electron chi connectivity index (χ2n) is 3.01. The third-order valence-corrected chi connectivity index (χ3v) is 2.00. The minimum atomic E-state index is -4.32. The van der Waals surface area contributed by atoms with E-state index in [2.05, 4.69) is 0 Å². The summed E-state index contributed by atoms with van der Waals surface area (Å²) < 4.78 is 37.1. The van der Waals surface area contributed by atoms with Crippen molar-refractivity contribution >= 4 is 5.69 Å². The Hall–Kier alpha value is -1.19. The van der Waals surface area contributed by atoms with Gasteiger partial charge in [-0.3, -0.25) is 0 Å². The van der Waals surface area contributed by atoms with Gasteiger partial charge in [0.25, 0.3) is 0 Å². The fraction of sp³-hybridized carbons (Fsp3) is 0.333. The van der Waals surface area contributed by atoms with Gasteiger partial charge < -0.3 is 5.73 Å². The maximum Gasteiger partial charge on any atom is 0.416 e. The van der Waals surface area contributed by atoms with Crippen molar-refractivity contribution in [3.8, 4) is 0 Å². The second kappa shape index (κ2) is 2.94. The first-order valence-electron chi connectivity index (χ1n) is 3.76. The van der Waals surface area contributed by atoms with Crippen LogP contribution < -0.4 is 5.73 Å². The topological polar surface area (TPSA) is 26.0 Å². The van der Waals surface area contributed by atoms with Crippen LogP contribution in [0.15, 0.2) is 12.1 Å². The van der Waals surface area contributed by atoms with Gasteiger partial charge in [-0.2, -0.15) is 13.2 Å². The molecule has 0 heterocycles. The average molecular weight is 189 g/mol. The predicted octanol–water partition coefficient (Wildman–Crippen LogP) is 2.90. The molecule has 0 aromatic heterocycles. The minimum Gasteiger partial charge on any atom is -0.399 e. The van der Waals surface area contributed by atoms with Crippen LogP contribution in [0.4, 0.5) is 18.9 Å². The Morgan fingerprint density at radius 3 is 2.15 bits per heavy atom. The Morgan fingerprint density at radius 1 is 1.15 bits per heavy atom. The number of benzene rings is 1. The SMILES string of the molecule is Cc1cc(N)cc(C(F)(F)F)c1C. The average Bonchev–Trinajstić information content (AvgIpc) is 1.94. The van der Waals surface area contributed by atoms with E-state index in [0.29, 0.717) is 5.56 Å². The Labute approximate surface area is 74.4 Å². The summed E-state index contributed by atoms with van der Waals surface area (Å²) >= 11 is 0. The number of alkyl halides is 3. The lowest BCUT2D eigenvalue weighted by Crippen LogP contribution is -2.09. The molecular formula is C9H10F3N. The number of nitrogen functional groups attached to an aromatic ring is 1. The smallest absolute Gasteiger partial charge is 0.399 e. The van der Waals surface area contributed by atoms with Crippen molar-refractivity contribution in [2.75, 3.05) is 5.73 Å². The largest absolute Gasteiger partial charge is 0.416 e. The highest BCUT2D eigenvalue weighted by molar-refractivity contribution is 5.49. The summed E-state index contributed by atoms with van der Waals surface area (Å²) in [5.74, 6) is 0. The van der Waals surface area contributed by atoms with Gasteiger partial charge in [-0.15, -0.1) is 0 Å².